The lowest BCUT2D eigenvalue weighted by molar-refractivity contribution is 0.568. The smallest absolute Gasteiger partial charge is 0.252 e. The molecule has 16 rings (SSSR count). The van der Waals surface area contributed by atoms with Gasteiger partial charge in [0.1, 0.15) is 0 Å². The zero-order valence-electron chi connectivity index (χ0n) is 79.4. The van der Waals surface area contributed by atoms with E-state index in [1.807, 2.05) is 0 Å². The molecule has 3 heterocycles. The van der Waals surface area contributed by atoms with E-state index >= 15 is 0 Å². The van der Waals surface area contributed by atoms with E-state index in [0.29, 0.717) is 10.9 Å². The highest BCUT2D eigenvalue weighted by Crippen LogP contribution is 2.52. The number of hydrogen-bond donors (Lipinski definition) is 2. The molecule has 2 aliphatic heterocycles. The first-order valence-corrected chi connectivity index (χ1v) is 57.0. The normalized spacial score (nSPS) is 14.0. The van der Waals surface area contributed by atoms with E-state index in [-0.39, 0.29) is 51.2 Å². The summed E-state index contributed by atoms with van der Waals surface area (Å²) in [5.74, 6) is 0. The highest BCUT2D eigenvalue weighted by molar-refractivity contribution is 7.00. The van der Waals surface area contributed by atoms with Gasteiger partial charge >= 0.3 is 0 Å². The van der Waals surface area contributed by atoms with Crippen LogP contribution in [0.3, 0.4) is 0 Å². The number of aromatic nitrogens is 1. The molecule has 1 aromatic heterocycles. The maximum atomic E-state index is 10.2. The lowest BCUT2D eigenvalue weighted by Gasteiger charge is -2.38. The molecule has 118 heavy (non-hydrogen) atoms. The first-order chi connectivity index (χ1) is 56.8. The van der Waals surface area contributed by atoms with Gasteiger partial charge in [0.05, 0.1) is 54.5 Å². The van der Waals surface area contributed by atoms with Crippen molar-refractivity contribution < 1.29 is 5.48 Å². The van der Waals surface area contributed by atoms with Crippen molar-refractivity contribution >= 4 is 121 Å². The molecular formula is C110H124BN3Si4. The topological polar surface area (TPSA) is 29.0 Å². The van der Waals surface area contributed by atoms with Crippen molar-refractivity contribution in [3.8, 4) is 94.7 Å². The molecular weight excluding hydrogens is 1490 g/mol. The van der Waals surface area contributed by atoms with Crippen LogP contribution in [0.25, 0.3) is 117 Å². The molecule has 0 spiro atoms. The van der Waals surface area contributed by atoms with Crippen LogP contribution in [0.15, 0.2) is 249 Å². The summed E-state index contributed by atoms with van der Waals surface area (Å²) >= 11 is 0. The third-order valence-electron chi connectivity index (χ3n) is 25.3. The van der Waals surface area contributed by atoms with Gasteiger partial charge in [0.25, 0.3) is 6.71 Å². The Hall–Kier alpha value is -9.81. The number of rotatable bonds is 13. The highest BCUT2D eigenvalue weighted by Gasteiger charge is 2.43. The molecule has 0 amide bonds. The fourth-order valence-corrected chi connectivity index (χ4v) is 22.6. The van der Waals surface area contributed by atoms with E-state index in [1.165, 1.54) is 65.3 Å². The summed E-state index contributed by atoms with van der Waals surface area (Å²) in [4.78, 5) is 0. The second-order valence-electron chi connectivity index (χ2n) is 43.5. The lowest BCUT2D eigenvalue weighted by atomic mass is 9.33. The van der Waals surface area contributed by atoms with Crippen molar-refractivity contribution in [3.05, 3.63) is 276 Å². The molecule has 0 fully saturated rings. The quantitative estimate of drug-likeness (QED) is 0.113. The molecule has 0 atom stereocenters. The molecule has 2 aliphatic rings. The number of fused-ring (bicyclic) bond motifs is 7. The zero-order chi connectivity index (χ0) is 87.9. The van der Waals surface area contributed by atoms with E-state index in [4.69, 9.17) is 0 Å². The second kappa shape index (κ2) is 29.0. The number of benzene rings is 13. The number of hydrogen-bond acceptors (Lipinski definition) is 2. The third-order valence-corrected chi connectivity index (χ3v) is 33.4. The van der Waals surface area contributed by atoms with Crippen LogP contribution in [0, 0.1) is 0 Å². The van der Waals surface area contributed by atoms with E-state index in [2.05, 4.69) is 422 Å². The monoisotopic (exact) mass is 1610 g/mol. The molecule has 3 nitrogen and oxygen atoms in total. The van der Waals surface area contributed by atoms with E-state index < -0.39 is 39.0 Å². The first kappa shape index (κ1) is 76.8. The Morgan fingerprint density at radius 2 is 0.610 bits per heavy atom. The van der Waals surface area contributed by atoms with Gasteiger partial charge in [0.15, 0.2) is 0 Å². The zero-order valence-corrected chi connectivity index (χ0v) is 79.4. The summed E-state index contributed by atoms with van der Waals surface area (Å²) in [6.07, 6.45) is 0. The summed E-state index contributed by atoms with van der Waals surface area (Å²) in [5.41, 5.74) is 32.7. The Labute approximate surface area is 717 Å². The molecule has 0 radical (unpaired) electrons. The van der Waals surface area contributed by atoms with Crippen LogP contribution in [0.4, 0.5) is 22.7 Å². The van der Waals surface area contributed by atoms with Crippen molar-refractivity contribution in [1.29, 1.82) is 0 Å². The molecule has 0 saturated carbocycles. The lowest BCUT2D eigenvalue weighted by Crippen LogP contribution is -2.59. The standard InChI is InChI=1S/C110H124BN3Si4/c1-106(2,3)77-50-51-100-92(66-77)91-44-28-29-49-99(91)114(100)82-67-97-103-98(68-82)113-105-94(102-89(71-38-32-42-85(58-71)117(22,23)24)47-35-48-90(102)72-39-33-43-86(59-72)118(25,26)27)61-76(74-54-80(109(10,11)12)65-81(55-74)110(13,14)15)63-96(105)111(103)95-62-75(73-52-78(107(4,5)6)64-79(53-73)108(7,8)9)60-93(104(95)112-97)101-87(69-36-30-40-83(56-69)115(16,17)18)45-34-46-88(101)70-37-31-41-84(57-70)116(19,20)21/h28-68,112-113H,1-27H3/i28D,29D,44D,49D. The van der Waals surface area contributed by atoms with Gasteiger partial charge in [-0.3, -0.25) is 0 Å². The minimum atomic E-state index is -1.90. The van der Waals surface area contributed by atoms with Gasteiger partial charge in [-0.1, -0.05) is 409 Å². The molecule has 598 valence electrons. The van der Waals surface area contributed by atoms with Crippen molar-refractivity contribution in [2.75, 3.05) is 10.6 Å². The first-order valence-electron chi connectivity index (χ1n) is 45.0. The van der Waals surface area contributed by atoms with Crippen molar-refractivity contribution in [3.63, 3.8) is 0 Å². The van der Waals surface area contributed by atoms with Crippen LogP contribution in [-0.2, 0) is 27.1 Å². The van der Waals surface area contributed by atoms with Gasteiger partial charge in [-0.05, 0) is 192 Å². The summed E-state index contributed by atoms with van der Waals surface area (Å²) in [5, 5.41) is 15.8. The maximum Gasteiger partial charge on any atom is 0.252 e. The Kier molecular flexibility index (Phi) is 18.9. The van der Waals surface area contributed by atoms with Gasteiger partial charge in [-0.25, -0.2) is 0 Å². The Bertz CT molecular complexity index is 6110. The number of nitrogens with zero attached hydrogens (tertiary/aromatic N) is 1. The van der Waals surface area contributed by atoms with Crippen molar-refractivity contribution in [1.82, 2.24) is 4.57 Å². The average Bonchev–Trinajstić information content (AvgIpc) is 0.927. The Morgan fingerprint density at radius 3 is 0.941 bits per heavy atom. The van der Waals surface area contributed by atoms with Crippen LogP contribution < -0.4 is 47.8 Å². The maximum absolute atomic E-state index is 10.2. The number of nitrogens with one attached hydrogen (secondary N) is 2. The number of anilines is 4. The van der Waals surface area contributed by atoms with Gasteiger partial charge in [0.2, 0.25) is 0 Å². The predicted molar refractivity (Wildman–Crippen MR) is 534 cm³/mol. The summed E-state index contributed by atoms with van der Waals surface area (Å²) < 4.78 is 41.2. The average molecular weight is 1620 g/mol. The molecule has 0 saturated heterocycles. The van der Waals surface area contributed by atoms with E-state index in [9.17, 15) is 5.48 Å². The van der Waals surface area contributed by atoms with Gasteiger partial charge in [-0.15, -0.1) is 0 Å². The van der Waals surface area contributed by atoms with Gasteiger partial charge in [0, 0.05) is 44.6 Å². The Morgan fingerprint density at radius 1 is 0.288 bits per heavy atom. The number of para-hydroxylation sites is 1. The van der Waals surface area contributed by atoms with E-state index in [1.54, 1.807) is 0 Å². The van der Waals surface area contributed by atoms with Gasteiger partial charge < -0.3 is 15.2 Å². The second-order valence-corrected chi connectivity index (χ2v) is 63.8. The minimum absolute atomic E-state index is 0.0547. The molecule has 13 aromatic carbocycles. The van der Waals surface area contributed by atoms with Crippen LogP contribution in [-0.4, -0.2) is 43.6 Å². The highest BCUT2D eigenvalue weighted by atomic mass is 28.3. The van der Waals surface area contributed by atoms with Crippen molar-refractivity contribution in [2.24, 2.45) is 0 Å². The van der Waals surface area contributed by atoms with Gasteiger partial charge in [-0.2, -0.15) is 0 Å². The summed E-state index contributed by atoms with van der Waals surface area (Å²) in [6.45, 7) is 63.9. The van der Waals surface area contributed by atoms with Crippen molar-refractivity contribution in [2.45, 2.75) is 209 Å². The van der Waals surface area contributed by atoms with E-state index in [0.717, 1.165) is 128 Å². The van der Waals surface area contributed by atoms with Crippen LogP contribution in [0.2, 0.25) is 78.6 Å². The minimum Gasteiger partial charge on any atom is -0.356 e. The van der Waals surface area contributed by atoms with Crippen LogP contribution >= 0.6 is 0 Å². The summed E-state index contributed by atoms with van der Waals surface area (Å²) in [6, 6.07) is 87.6. The molecule has 2 N–H and O–H groups in total. The van der Waals surface area contributed by atoms with Crippen LogP contribution in [0.1, 0.15) is 137 Å². The fourth-order valence-electron chi connectivity index (χ4n) is 17.9. The SMILES string of the molecule is [2H]c1c([2H])c([2H])c2c(c1[2H])c1cc(C(C)(C)C)ccc1n2-c1cc2c3c(c1)Nc1c(cc(-c4cc(C(C)(C)C)cc(C(C)(C)C)c4)cc1-c1c(-c4cccc([Si](C)(C)C)c4)cccc1-c1cccc([Si](C)(C)C)c1)B3c1cc(-c3cc(C(C)(C)C)cc(C(C)(C)C)c3)cc(-c3c(-c4cccc([Si](C)(C)C)c4)cccc3-c3cccc([Si](C)(C)C)c3)c1N2. The fraction of sp³-hybridized carbons (Fsp3) is 0.291. The molecule has 14 aromatic rings. The molecule has 0 unspecified atom stereocenters. The molecule has 0 bridgehead atoms. The molecule has 0 aliphatic carbocycles. The third kappa shape index (κ3) is 15.4. The summed E-state index contributed by atoms with van der Waals surface area (Å²) in [7, 11) is -7.59. The Balaban J connectivity index is 1.15. The molecule has 8 heteroatoms. The van der Waals surface area contributed by atoms with Crippen LogP contribution in [0.5, 0.6) is 0 Å². The predicted octanol–water partition coefficient (Wildman–Crippen LogP) is 27.4. The largest absolute Gasteiger partial charge is 0.356 e.